The number of aldehydes is 1. The Morgan fingerprint density at radius 3 is 2.43 bits per heavy atom. The number of hydrogen-bond donors (Lipinski definition) is 1. The van der Waals surface area contributed by atoms with Gasteiger partial charge < -0.3 is 19.6 Å². The second-order valence-corrected chi connectivity index (χ2v) is 6.98. The molecule has 132 valence electrons. The number of rotatable bonds is 7. The molecule has 0 bridgehead atoms. The summed E-state index contributed by atoms with van der Waals surface area (Å²) in [4.78, 5) is 23.1. The minimum atomic E-state index is -0.141. The number of carbonyl (C=O) groups is 2. The first-order valence-electron chi connectivity index (χ1n) is 8.99. The Bertz CT molecular complexity index is 379. The monoisotopic (exact) mass is 325 g/mol. The van der Waals surface area contributed by atoms with E-state index in [2.05, 4.69) is 5.32 Å². The van der Waals surface area contributed by atoms with E-state index in [9.17, 15) is 9.59 Å². The van der Waals surface area contributed by atoms with Gasteiger partial charge in [-0.05, 0) is 57.3 Å². The largest absolute Gasteiger partial charge is 0.379 e. The van der Waals surface area contributed by atoms with Crippen LogP contribution < -0.4 is 5.32 Å². The van der Waals surface area contributed by atoms with Crippen molar-refractivity contribution in [1.29, 1.82) is 0 Å². The van der Waals surface area contributed by atoms with Crippen molar-refractivity contribution < 1.29 is 19.1 Å². The van der Waals surface area contributed by atoms with E-state index in [1.54, 1.807) is 14.2 Å². The third-order valence-corrected chi connectivity index (χ3v) is 5.56. The Kier molecular flexibility index (Phi) is 7.50. The van der Waals surface area contributed by atoms with Gasteiger partial charge >= 0.3 is 0 Å². The topological polar surface area (TPSA) is 64.6 Å². The lowest BCUT2D eigenvalue weighted by Crippen LogP contribution is -2.50. The zero-order valence-corrected chi connectivity index (χ0v) is 14.5. The highest BCUT2D eigenvalue weighted by molar-refractivity contribution is 5.79. The van der Waals surface area contributed by atoms with E-state index < -0.39 is 0 Å². The zero-order chi connectivity index (χ0) is 16.7. The fraction of sp³-hybridized carbons (Fsp3) is 0.889. The normalized spacial score (nSPS) is 34.8. The summed E-state index contributed by atoms with van der Waals surface area (Å²) in [5, 5.41) is 3.23. The van der Waals surface area contributed by atoms with E-state index in [0.717, 1.165) is 57.7 Å². The highest BCUT2D eigenvalue weighted by Crippen LogP contribution is 2.31. The van der Waals surface area contributed by atoms with Crippen LogP contribution in [0.4, 0.5) is 0 Å². The van der Waals surface area contributed by atoms with Gasteiger partial charge in [-0.25, -0.2) is 0 Å². The van der Waals surface area contributed by atoms with E-state index in [4.69, 9.17) is 9.47 Å². The van der Waals surface area contributed by atoms with Gasteiger partial charge in [0, 0.05) is 26.7 Å². The van der Waals surface area contributed by atoms with Gasteiger partial charge in [-0.15, -0.1) is 0 Å². The van der Waals surface area contributed by atoms with Crippen molar-refractivity contribution in [1.82, 2.24) is 5.32 Å². The first-order chi connectivity index (χ1) is 11.2. The van der Waals surface area contributed by atoms with Crippen molar-refractivity contribution >= 4 is 12.2 Å². The first kappa shape index (κ1) is 18.4. The minimum Gasteiger partial charge on any atom is -0.379 e. The molecule has 0 radical (unpaired) electrons. The third kappa shape index (κ3) is 5.01. The second-order valence-electron chi connectivity index (χ2n) is 6.98. The lowest BCUT2D eigenvalue weighted by Gasteiger charge is -2.37. The number of amides is 1. The number of methoxy groups -OCH3 is 2. The van der Waals surface area contributed by atoms with Crippen LogP contribution in [0.2, 0.25) is 0 Å². The quantitative estimate of drug-likeness (QED) is 0.730. The van der Waals surface area contributed by atoms with Gasteiger partial charge in [0.15, 0.2) is 0 Å². The first-order valence-corrected chi connectivity index (χ1v) is 8.99. The van der Waals surface area contributed by atoms with E-state index in [0.29, 0.717) is 12.3 Å². The minimum absolute atomic E-state index is 0.0172. The van der Waals surface area contributed by atoms with E-state index in [-0.39, 0.29) is 30.1 Å². The number of ether oxygens (including phenoxy) is 2. The van der Waals surface area contributed by atoms with Gasteiger partial charge in [0.1, 0.15) is 6.29 Å². The van der Waals surface area contributed by atoms with Crippen LogP contribution in [-0.2, 0) is 19.1 Å². The molecule has 2 rings (SSSR count). The highest BCUT2D eigenvalue weighted by atomic mass is 16.5. The maximum absolute atomic E-state index is 12.7. The van der Waals surface area contributed by atoms with Crippen LogP contribution in [0.5, 0.6) is 0 Å². The van der Waals surface area contributed by atoms with E-state index in [1.807, 2.05) is 0 Å². The summed E-state index contributed by atoms with van der Waals surface area (Å²) in [5.41, 5.74) is 0. The molecule has 23 heavy (non-hydrogen) atoms. The number of hydrogen-bond acceptors (Lipinski definition) is 4. The van der Waals surface area contributed by atoms with Crippen LogP contribution >= 0.6 is 0 Å². The average Bonchev–Trinajstić information content (AvgIpc) is 2.60. The summed E-state index contributed by atoms with van der Waals surface area (Å²) in [6.45, 7) is 0. The summed E-state index contributed by atoms with van der Waals surface area (Å²) in [6, 6.07) is 0.274. The molecule has 2 aliphatic rings. The van der Waals surface area contributed by atoms with Gasteiger partial charge in [-0.1, -0.05) is 0 Å². The lowest BCUT2D eigenvalue weighted by molar-refractivity contribution is -0.141. The van der Waals surface area contributed by atoms with Crippen LogP contribution in [0.3, 0.4) is 0 Å². The van der Waals surface area contributed by atoms with Crippen LogP contribution in [0.25, 0.3) is 0 Å². The van der Waals surface area contributed by atoms with E-state index >= 15 is 0 Å². The van der Waals surface area contributed by atoms with Crippen molar-refractivity contribution in [2.75, 3.05) is 14.2 Å². The Labute approximate surface area is 139 Å². The molecule has 5 heteroatoms. The Balaban J connectivity index is 1.81. The van der Waals surface area contributed by atoms with Crippen molar-refractivity contribution in [3.8, 4) is 0 Å². The molecule has 0 saturated heterocycles. The van der Waals surface area contributed by atoms with Gasteiger partial charge in [-0.3, -0.25) is 4.79 Å². The fourth-order valence-electron chi connectivity index (χ4n) is 4.18. The Hall–Kier alpha value is -0.940. The van der Waals surface area contributed by atoms with Crippen molar-refractivity contribution in [2.24, 2.45) is 11.8 Å². The maximum atomic E-state index is 12.7. The number of carbonyl (C=O) groups excluding carboxylic acids is 2. The van der Waals surface area contributed by atoms with Gasteiger partial charge in [0.05, 0.1) is 18.1 Å². The van der Waals surface area contributed by atoms with Crippen molar-refractivity contribution in [3.05, 3.63) is 0 Å². The molecule has 0 aromatic carbocycles. The molecule has 1 amide bonds. The summed E-state index contributed by atoms with van der Waals surface area (Å²) < 4.78 is 11.0. The predicted molar refractivity (Wildman–Crippen MR) is 88.1 cm³/mol. The van der Waals surface area contributed by atoms with Crippen LogP contribution in [-0.4, -0.2) is 44.7 Å². The average molecular weight is 325 g/mol. The molecule has 0 aromatic heterocycles. The SMILES string of the molecule is COC1CCCC(C(=O)NC2CCC(CCC=O)CC2)C1OC. The predicted octanol–water partition coefficient (Wildman–Crippen LogP) is 2.47. The highest BCUT2D eigenvalue weighted by Gasteiger charge is 2.38. The molecule has 0 heterocycles. The van der Waals surface area contributed by atoms with E-state index in [1.165, 1.54) is 0 Å². The molecule has 3 unspecified atom stereocenters. The Morgan fingerprint density at radius 2 is 1.83 bits per heavy atom. The fourth-order valence-corrected chi connectivity index (χ4v) is 4.18. The molecule has 0 spiro atoms. The zero-order valence-electron chi connectivity index (χ0n) is 14.5. The van der Waals surface area contributed by atoms with Crippen LogP contribution in [0.15, 0.2) is 0 Å². The molecule has 2 fully saturated rings. The number of nitrogens with one attached hydrogen (secondary N) is 1. The van der Waals surface area contributed by atoms with Gasteiger partial charge in [0.25, 0.3) is 0 Å². The molecule has 0 aliphatic heterocycles. The molecule has 2 saturated carbocycles. The van der Waals surface area contributed by atoms with Crippen LogP contribution in [0, 0.1) is 11.8 Å². The van der Waals surface area contributed by atoms with Gasteiger partial charge in [0.2, 0.25) is 5.91 Å². The van der Waals surface area contributed by atoms with Crippen LogP contribution in [0.1, 0.15) is 57.8 Å². The second kappa shape index (κ2) is 9.38. The molecule has 2 aliphatic carbocycles. The molecule has 3 atom stereocenters. The smallest absolute Gasteiger partial charge is 0.226 e. The molecular formula is C18H31NO4. The maximum Gasteiger partial charge on any atom is 0.226 e. The summed E-state index contributed by atoms with van der Waals surface area (Å²) in [7, 11) is 3.36. The third-order valence-electron chi connectivity index (χ3n) is 5.56. The summed E-state index contributed by atoms with van der Waals surface area (Å²) in [6.07, 6.45) is 9.64. The summed E-state index contributed by atoms with van der Waals surface area (Å²) in [5.74, 6) is 0.661. The molecule has 5 nitrogen and oxygen atoms in total. The Morgan fingerprint density at radius 1 is 1.09 bits per heavy atom. The van der Waals surface area contributed by atoms with Crippen molar-refractivity contribution in [3.63, 3.8) is 0 Å². The summed E-state index contributed by atoms with van der Waals surface area (Å²) >= 11 is 0. The standard InChI is InChI=1S/C18H31NO4/c1-22-16-7-3-6-15(17(16)23-2)18(21)19-14-10-8-13(9-11-14)5-4-12-20/h12-17H,3-11H2,1-2H3,(H,19,21). The molecule has 0 aromatic rings. The lowest BCUT2D eigenvalue weighted by atomic mass is 9.81. The van der Waals surface area contributed by atoms with Gasteiger partial charge in [-0.2, -0.15) is 0 Å². The molecule has 1 N–H and O–H groups in total. The van der Waals surface area contributed by atoms with Crippen molar-refractivity contribution in [2.45, 2.75) is 76.0 Å². The molecular weight excluding hydrogens is 294 g/mol.